The molecule has 12 aromatic carbocycles. The molecule has 0 spiro atoms. The Morgan fingerprint density at radius 2 is 0.878 bits per heavy atom. The highest BCUT2D eigenvalue weighted by Gasteiger charge is 2.46. The van der Waals surface area contributed by atoms with Crippen LogP contribution in [0.15, 0.2) is 259 Å². The van der Waals surface area contributed by atoms with Gasteiger partial charge in [0, 0.05) is 43.7 Å². The van der Waals surface area contributed by atoms with Crippen molar-refractivity contribution in [3.05, 3.63) is 288 Å². The number of hydrogen-bond donors (Lipinski definition) is 0. The van der Waals surface area contributed by atoms with Gasteiger partial charge in [-0.1, -0.05) is 226 Å². The van der Waals surface area contributed by atoms with E-state index in [9.17, 15) is 0 Å². The number of para-hydroxylation sites is 2. The highest BCUT2D eigenvalue weighted by Crippen LogP contribution is 2.57. The van der Waals surface area contributed by atoms with E-state index in [1.807, 2.05) is 0 Å². The van der Waals surface area contributed by atoms with Gasteiger partial charge in [-0.2, -0.15) is 0 Å². The molecule has 82 heavy (non-hydrogen) atoms. The zero-order chi connectivity index (χ0) is 54.0. The monoisotopic (exact) mass is 1040 g/mol. The molecule has 0 saturated heterocycles. The van der Waals surface area contributed by atoms with Gasteiger partial charge >= 0.3 is 0 Å². The first-order valence-corrected chi connectivity index (χ1v) is 28.3. The van der Waals surface area contributed by atoms with Crippen LogP contribution in [0.5, 0.6) is 0 Å². The van der Waals surface area contributed by atoms with Crippen molar-refractivity contribution in [3.8, 4) is 67.5 Å². The third-order valence-corrected chi connectivity index (χ3v) is 18.5. The van der Waals surface area contributed by atoms with Gasteiger partial charge in [0.15, 0.2) is 17.5 Å². The highest BCUT2D eigenvalue weighted by atomic mass is 16.3. The lowest BCUT2D eigenvalue weighted by molar-refractivity contribution is 0.660. The second-order valence-electron chi connectivity index (χ2n) is 22.9. The minimum atomic E-state index is -0.587. The zero-order valence-electron chi connectivity index (χ0n) is 44.9. The average molecular weight is 1050 g/mol. The first-order valence-electron chi connectivity index (χ1n) is 28.3. The van der Waals surface area contributed by atoms with Crippen molar-refractivity contribution in [3.63, 3.8) is 0 Å². The first kappa shape index (κ1) is 45.4. The third-order valence-electron chi connectivity index (χ3n) is 18.5. The van der Waals surface area contributed by atoms with Crippen molar-refractivity contribution in [2.45, 2.75) is 24.7 Å². The summed E-state index contributed by atoms with van der Waals surface area (Å²) in [5.41, 5.74) is 21.9. The first-order chi connectivity index (χ1) is 40.4. The second-order valence-corrected chi connectivity index (χ2v) is 22.9. The van der Waals surface area contributed by atoms with Gasteiger partial charge in [0.25, 0.3) is 0 Å². The zero-order valence-corrected chi connectivity index (χ0v) is 44.9. The number of hydrogen-bond acceptors (Lipinski definition) is 4. The molecule has 0 bridgehead atoms. The van der Waals surface area contributed by atoms with Gasteiger partial charge in [-0.25, -0.2) is 15.0 Å². The van der Waals surface area contributed by atoms with Gasteiger partial charge in [0.1, 0.15) is 11.2 Å². The van der Waals surface area contributed by atoms with E-state index in [-0.39, 0.29) is 5.41 Å². The molecule has 16 aromatic rings. The number of fused-ring (bicyclic) bond motifs is 13. The Balaban J connectivity index is 0.858. The lowest BCUT2D eigenvalue weighted by Gasteiger charge is -2.34. The summed E-state index contributed by atoms with van der Waals surface area (Å²) in [5, 5.41) is 9.24. The summed E-state index contributed by atoms with van der Waals surface area (Å²) in [5.74, 6) is 1.86. The van der Waals surface area contributed by atoms with Crippen molar-refractivity contribution < 1.29 is 4.42 Å². The Hall–Kier alpha value is -10.5. The second kappa shape index (κ2) is 16.5. The summed E-state index contributed by atoms with van der Waals surface area (Å²) < 4.78 is 9.35. The molecule has 2 aliphatic rings. The van der Waals surface area contributed by atoms with Crippen LogP contribution in [0.25, 0.3) is 138 Å². The molecular weight excluding hydrogens is 997 g/mol. The van der Waals surface area contributed by atoms with E-state index < -0.39 is 5.41 Å². The Labute approximate surface area is 472 Å². The summed E-state index contributed by atoms with van der Waals surface area (Å²) >= 11 is 0. The summed E-state index contributed by atoms with van der Waals surface area (Å²) in [4.78, 5) is 16.6. The SMILES string of the molecule is CC1(C)c2ccccc2-c2ccc(-c3nc(-c4ccc5c(c4)C(c4ccccc4)(c4ccccc4)c4ccccc4-5)nc(-c4cccc5cc(-c6cc7oc8cccc9c%10ccccc%10n%10c%11ccccc%11c6c%10c7c89)ccc45)n3)cc21. The minimum Gasteiger partial charge on any atom is -0.456 e. The maximum absolute atomic E-state index is 6.88. The molecule has 0 unspecified atom stereocenters. The van der Waals surface area contributed by atoms with Gasteiger partial charge < -0.3 is 8.82 Å². The Kier molecular flexibility index (Phi) is 9.15. The van der Waals surface area contributed by atoms with E-state index in [0.717, 1.165) is 60.5 Å². The molecule has 4 heterocycles. The fourth-order valence-corrected chi connectivity index (χ4v) is 14.9. The van der Waals surface area contributed by atoms with E-state index >= 15 is 0 Å². The van der Waals surface area contributed by atoms with Crippen LogP contribution in [-0.4, -0.2) is 19.4 Å². The molecule has 0 radical (unpaired) electrons. The number of aromatic nitrogens is 4. The molecule has 0 amide bonds. The standard InChI is InChI=1S/C77H48N4O/c1-76(2)61-30-13-9-24-52(61)54-39-36-47(42-63(54)76)73-78-74(48-37-40-55-53-25-10-14-31-62(53)77(64(55)43-48,49-20-5-3-6-21-49)50-22-7-4-8-23-50)80-75(79-73)58-29-17-19-45-41-46(35-38-51(45)58)60-44-68-71-70-57(28-18-34-67(70)82-68)56-26-11-15-32-65(56)81-66-33-16-12-27-59(66)69(60)72(71)81/h3-44H,1-2H3. The van der Waals surface area contributed by atoms with Crippen LogP contribution in [0.2, 0.25) is 0 Å². The van der Waals surface area contributed by atoms with Gasteiger partial charge in [-0.3, -0.25) is 0 Å². The van der Waals surface area contributed by atoms with Crippen LogP contribution in [0.1, 0.15) is 47.2 Å². The maximum atomic E-state index is 6.88. The Morgan fingerprint density at radius 3 is 1.62 bits per heavy atom. The van der Waals surface area contributed by atoms with E-state index in [1.165, 1.54) is 93.7 Å². The molecule has 4 aromatic heterocycles. The van der Waals surface area contributed by atoms with Crippen LogP contribution in [0.3, 0.4) is 0 Å². The summed E-state index contributed by atoms with van der Waals surface area (Å²) in [7, 11) is 0. The molecule has 0 N–H and O–H groups in total. The fourth-order valence-electron chi connectivity index (χ4n) is 14.9. The van der Waals surface area contributed by atoms with E-state index in [2.05, 4.69) is 273 Å². The lowest BCUT2D eigenvalue weighted by atomic mass is 9.67. The predicted octanol–water partition coefficient (Wildman–Crippen LogP) is 19.4. The fraction of sp³-hybridized carbons (Fsp3) is 0.0519. The Bertz CT molecular complexity index is 5340. The highest BCUT2D eigenvalue weighted by molar-refractivity contribution is 6.34. The van der Waals surface area contributed by atoms with Crippen LogP contribution >= 0.6 is 0 Å². The molecule has 382 valence electrons. The van der Waals surface area contributed by atoms with Crippen LogP contribution < -0.4 is 0 Å². The minimum absolute atomic E-state index is 0.208. The lowest BCUT2D eigenvalue weighted by Crippen LogP contribution is -2.28. The summed E-state index contributed by atoms with van der Waals surface area (Å²) in [6.45, 7) is 4.65. The van der Waals surface area contributed by atoms with Crippen LogP contribution in [-0.2, 0) is 10.8 Å². The van der Waals surface area contributed by atoms with Gasteiger partial charge in [-0.15, -0.1) is 0 Å². The average Bonchev–Trinajstić information content (AvgIpc) is 3.39. The van der Waals surface area contributed by atoms with E-state index in [4.69, 9.17) is 19.4 Å². The normalized spacial score (nSPS) is 13.9. The molecule has 0 fully saturated rings. The van der Waals surface area contributed by atoms with Gasteiger partial charge in [0.05, 0.1) is 27.4 Å². The quantitative estimate of drug-likeness (QED) is 0.167. The summed E-state index contributed by atoms with van der Waals surface area (Å²) in [6.07, 6.45) is 0. The van der Waals surface area contributed by atoms with Crippen molar-refractivity contribution in [1.82, 2.24) is 19.4 Å². The summed E-state index contributed by atoms with van der Waals surface area (Å²) in [6, 6.07) is 93.0. The molecule has 18 rings (SSSR count). The van der Waals surface area contributed by atoms with Crippen molar-refractivity contribution >= 4 is 70.8 Å². The van der Waals surface area contributed by atoms with Gasteiger partial charge in [0.2, 0.25) is 0 Å². The van der Waals surface area contributed by atoms with Crippen molar-refractivity contribution in [2.75, 3.05) is 0 Å². The molecular formula is C77H48N4O. The number of benzene rings is 12. The third kappa shape index (κ3) is 6.03. The molecule has 2 aliphatic carbocycles. The van der Waals surface area contributed by atoms with Crippen LogP contribution in [0.4, 0.5) is 0 Å². The number of furan rings is 1. The topological polar surface area (TPSA) is 56.2 Å². The van der Waals surface area contributed by atoms with Gasteiger partial charge in [-0.05, 0) is 125 Å². The smallest absolute Gasteiger partial charge is 0.164 e. The molecule has 0 aliphatic heterocycles. The number of rotatable bonds is 6. The molecule has 5 heteroatoms. The predicted molar refractivity (Wildman–Crippen MR) is 336 cm³/mol. The number of nitrogens with zero attached hydrogens (tertiary/aromatic N) is 4. The molecule has 5 nitrogen and oxygen atoms in total. The van der Waals surface area contributed by atoms with E-state index in [0.29, 0.717) is 17.5 Å². The van der Waals surface area contributed by atoms with Crippen molar-refractivity contribution in [1.29, 1.82) is 0 Å². The van der Waals surface area contributed by atoms with Crippen molar-refractivity contribution in [2.24, 2.45) is 0 Å². The Morgan fingerprint density at radius 1 is 0.329 bits per heavy atom. The van der Waals surface area contributed by atoms with Crippen LogP contribution in [0, 0.1) is 0 Å². The molecule has 0 saturated carbocycles. The molecule has 0 atom stereocenters. The largest absolute Gasteiger partial charge is 0.456 e. The van der Waals surface area contributed by atoms with E-state index in [1.54, 1.807) is 0 Å². The maximum Gasteiger partial charge on any atom is 0.164 e.